The molecule has 0 fully saturated rings. The second-order valence-electron chi connectivity index (χ2n) is 0.816. The lowest BCUT2D eigenvalue weighted by Gasteiger charge is -1.67. The van der Waals surface area contributed by atoms with E-state index in [0.717, 1.165) is 0 Å². The Balaban J connectivity index is 3.05. The van der Waals surface area contributed by atoms with Crippen LogP contribution in [0.25, 0.3) is 0 Å². The van der Waals surface area contributed by atoms with E-state index in [9.17, 15) is 0 Å². The number of aromatic nitrogens is 1. The van der Waals surface area contributed by atoms with Crippen LogP contribution >= 0.6 is 11.3 Å². The molecular weight excluding hydrogens is 96.1 g/mol. The topological polar surface area (TPSA) is 38.9 Å². The highest BCUT2D eigenvalue weighted by Gasteiger charge is 1.77. The van der Waals surface area contributed by atoms with Crippen molar-refractivity contribution in [3.63, 3.8) is 0 Å². The van der Waals surface area contributed by atoms with Crippen LogP contribution in [-0.4, -0.2) is 4.98 Å². The van der Waals surface area contributed by atoms with Crippen LogP contribution in [0.15, 0.2) is 6.20 Å². The largest absolute Gasteiger partial charge is 0.375 e. The Morgan fingerprint density at radius 3 is 3.00 bits per heavy atom. The van der Waals surface area contributed by atoms with Gasteiger partial charge in [-0.05, 0) is 0 Å². The van der Waals surface area contributed by atoms with Gasteiger partial charge in [-0.3, -0.25) is 0 Å². The lowest BCUT2D eigenvalue weighted by Crippen LogP contribution is -1.77. The zero-order valence-electron chi connectivity index (χ0n) is 3.01. The van der Waals surface area contributed by atoms with E-state index in [1.807, 2.05) is 0 Å². The van der Waals surface area contributed by atoms with Gasteiger partial charge >= 0.3 is 0 Å². The van der Waals surface area contributed by atoms with E-state index >= 15 is 0 Å². The summed E-state index contributed by atoms with van der Waals surface area (Å²) in [5.74, 6) is 0. The molecule has 31 valence electrons. The summed E-state index contributed by atoms with van der Waals surface area (Å²) < 4.78 is 0. The molecule has 2 nitrogen and oxygen atoms in total. The molecule has 1 aromatic rings. The maximum Gasteiger partial charge on any atom is 0.180 e. The molecule has 0 spiro atoms. The summed E-state index contributed by atoms with van der Waals surface area (Å²) in [6.45, 7) is 0. The van der Waals surface area contributed by atoms with Crippen LogP contribution < -0.4 is 5.73 Å². The summed E-state index contributed by atoms with van der Waals surface area (Å²) in [4.78, 5) is 3.66. The first-order valence-electron chi connectivity index (χ1n) is 1.47. The van der Waals surface area contributed by atoms with Crippen molar-refractivity contribution in [1.82, 2.24) is 4.98 Å². The normalized spacial score (nSPS) is 8.67. The molecule has 0 aliphatic heterocycles. The van der Waals surface area contributed by atoms with Crippen LogP contribution in [0.5, 0.6) is 0 Å². The van der Waals surface area contributed by atoms with E-state index in [4.69, 9.17) is 5.73 Å². The molecule has 0 unspecified atom stereocenters. The number of thiazole rings is 1. The molecule has 1 radical (unpaired) electrons. The predicted molar refractivity (Wildman–Crippen MR) is 25.4 cm³/mol. The van der Waals surface area contributed by atoms with E-state index in [1.165, 1.54) is 11.3 Å². The van der Waals surface area contributed by atoms with E-state index in [-0.39, 0.29) is 0 Å². The monoisotopic (exact) mass is 99.0 g/mol. The molecule has 2 N–H and O–H groups in total. The van der Waals surface area contributed by atoms with Crippen molar-refractivity contribution in [3.8, 4) is 0 Å². The van der Waals surface area contributed by atoms with Crippen LogP contribution in [0.4, 0.5) is 5.13 Å². The number of nitrogens with zero attached hydrogens (tertiary/aromatic N) is 1. The van der Waals surface area contributed by atoms with Crippen molar-refractivity contribution < 1.29 is 0 Å². The molecule has 1 heterocycles. The summed E-state index contributed by atoms with van der Waals surface area (Å²) in [6, 6.07) is 0. The van der Waals surface area contributed by atoms with Gasteiger partial charge in [0.1, 0.15) is 0 Å². The summed E-state index contributed by atoms with van der Waals surface area (Å²) in [7, 11) is 0. The molecule has 6 heavy (non-hydrogen) atoms. The minimum atomic E-state index is 0.579. The van der Waals surface area contributed by atoms with Crippen LogP contribution in [0, 0.1) is 5.38 Å². The molecule has 0 aliphatic carbocycles. The number of hydrogen-bond donors (Lipinski definition) is 1. The number of anilines is 1. The van der Waals surface area contributed by atoms with Crippen LogP contribution in [0.1, 0.15) is 0 Å². The molecular formula is C3H3N2S. The Kier molecular flexibility index (Phi) is 0.759. The third kappa shape index (κ3) is 0.490. The average molecular weight is 99.1 g/mol. The summed E-state index contributed by atoms with van der Waals surface area (Å²) in [5.41, 5.74) is 5.15. The molecule has 0 amide bonds. The fourth-order valence-electron chi connectivity index (χ4n) is 0.203. The Morgan fingerprint density at radius 2 is 2.83 bits per heavy atom. The smallest absolute Gasteiger partial charge is 0.180 e. The van der Waals surface area contributed by atoms with Gasteiger partial charge in [-0.15, -0.1) is 0 Å². The molecule has 0 bridgehead atoms. The van der Waals surface area contributed by atoms with Gasteiger partial charge < -0.3 is 5.73 Å². The highest BCUT2D eigenvalue weighted by atomic mass is 32.1. The lowest BCUT2D eigenvalue weighted by atomic mass is 11.0. The van der Waals surface area contributed by atoms with Crippen LogP contribution in [-0.2, 0) is 0 Å². The second kappa shape index (κ2) is 1.26. The minimum absolute atomic E-state index is 0.579. The first-order chi connectivity index (χ1) is 2.89. The maximum atomic E-state index is 5.15. The first kappa shape index (κ1) is 3.61. The Morgan fingerprint density at radius 1 is 2.00 bits per heavy atom. The Hall–Kier alpha value is -0.570. The summed E-state index contributed by atoms with van der Waals surface area (Å²) in [5, 5.41) is 3.31. The zero-order chi connectivity index (χ0) is 4.41. The van der Waals surface area contributed by atoms with Crippen molar-refractivity contribution in [2.24, 2.45) is 0 Å². The van der Waals surface area contributed by atoms with Gasteiger partial charge in [0.15, 0.2) is 5.13 Å². The van der Waals surface area contributed by atoms with Gasteiger partial charge in [-0.1, -0.05) is 11.3 Å². The third-order valence-corrected chi connectivity index (χ3v) is 0.946. The minimum Gasteiger partial charge on any atom is -0.375 e. The molecule has 0 atom stereocenters. The maximum absolute atomic E-state index is 5.15. The van der Waals surface area contributed by atoms with Gasteiger partial charge in [0.2, 0.25) is 0 Å². The number of hydrogen-bond acceptors (Lipinski definition) is 3. The van der Waals surface area contributed by atoms with Crippen LogP contribution in [0.3, 0.4) is 0 Å². The van der Waals surface area contributed by atoms with Gasteiger partial charge in [-0.25, -0.2) is 4.98 Å². The van der Waals surface area contributed by atoms with Crippen molar-refractivity contribution in [2.45, 2.75) is 0 Å². The van der Waals surface area contributed by atoms with Crippen LogP contribution in [0.2, 0.25) is 0 Å². The van der Waals surface area contributed by atoms with Gasteiger partial charge in [0.05, 0.1) is 5.38 Å². The molecule has 0 saturated heterocycles. The van der Waals surface area contributed by atoms with Crippen molar-refractivity contribution in [3.05, 3.63) is 11.6 Å². The summed E-state index contributed by atoms with van der Waals surface area (Å²) in [6.07, 6.45) is 1.56. The first-order valence-corrected chi connectivity index (χ1v) is 2.28. The number of nitrogens with two attached hydrogens (primary N) is 1. The molecule has 3 heteroatoms. The van der Waals surface area contributed by atoms with Gasteiger partial charge in [-0.2, -0.15) is 0 Å². The standard InChI is InChI=1S/C3H3N2S/c4-3-5-1-2-6-3/h1H,(H2,4,5). The Bertz CT molecular complexity index is 112. The SMILES string of the molecule is Nc1nc[c]s1. The second-order valence-corrected chi connectivity index (χ2v) is 1.67. The predicted octanol–water partition coefficient (Wildman–Crippen LogP) is 0.525. The molecule has 1 rings (SSSR count). The van der Waals surface area contributed by atoms with E-state index < -0.39 is 0 Å². The van der Waals surface area contributed by atoms with E-state index in [1.54, 1.807) is 6.20 Å². The van der Waals surface area contributed by atoms with Crippen molar-refractivity contribution >= 4 is 16.5 Å². The number of rotatable bonds is 0. The highest BCUT2D eigenvalue weighted by molar-refractivity contribution is 7.12. The fraction of sp³-hybridized carbons (Fsp3) is 0. The van der Waals surface area contributed by atoms with Gasteiger partial charge in [0, 0.05) is 6.20 Å². The van der Waals surface area contributed by atoms with E-state index in [0.29, 0.717) is 5.13 Å². The quantitative estimate of drug-likeness (QED) is 0.515. The lowest BCUT2D eigenvalue weighted by molar-refractivity contribution is 1.42. The fourth-order valence-corrected chi connectivity index (χ4v) is 0.535. The van der Waals surface area contributed by atoms with Crippen molar-refractivity contribution in [1.29, 1.82) is 0 Å². The molecule has 0 aliphatic rings. The van der Waals surface area contributed by atoms with Crippen molar-refractivity contribution in [2.75, 3.05) is 5.73 Å². The Labute approximate surface area is 39.6 Å². The average Bonchev–Trinajstić information content (AvgIpc) is 1.86. The molecule has 1 aromatic heterocycles. The highest BCUT2D eigenvalue weighted by Crippen LogP contribution is 2.01. The molecule has 0 saturated carbocycles. The van der Waals surface area contributed by atoms with Gasteiger partial charge in [0.25, 0.3) is 0 Å². The molecule has 0 aromatic carbocycles. The summed E-state index contributed by atoms with van der Waals surface area (Å²) >= 11 is 1.32. The third-order valence-electron chi connectivity index (χ3n) is 0.408. The number of nitrogen functional groups attached to an aromatic ring is 1. The zero-order valence-corrected chi connectivity index (χ0v) is 3.83. The van der Waals surface area contributed by atoms with E-state index in [2.05, 4.69) is 10.4 Å².